The highest BCUT2D eigenvalue weighted by Crippen LogP contribution is 2.30. The van der Waals surface area contributed by atoms with Crippen LogP contribution in [0.5, 0.6) is 11.5 Å². The van der Waals surface area contributed by atoms with Gasteiger partial charge in [0.2, 0.25) is 0 Å². The molecule has 0 unspecified atom stereocenters. The number of halogens is 1. The molecule has 150 valence electrons. The van der Waals surface area contributed by atoms with Crippen molar-refractivity contribution >= 4 is 17.8 Å². The number of rotatable bonds is 6. The van der Waals surface area contributed by atoms with Gasteiger partial charge in [0, 0.05) is 5.56 Å². The van der Waals surface area contributed by atoms with Crippen LogP contribution in [0.3, 0.4) is 0 Å². The summed E-state index contributed by atoms with van der Waals surface area (Å²) in [7, 11) is 1.54. The van der Waals surface area contributed by atoms with Gasteiger partial charge in [-0.15, -0.1) is 0 Å². The standard InChI is InChI=1S/C24H18FNO4/c1-28-22-14-17(9-12-21(22)29-15-16-7-10-19(25)11-8-16)13-20-23(26-30-24(20)27)18-5-3-2-4-6-18/h2-14H,15H2,1H3/b20-13+. The minimum absolute atomic E-state index is 0.272. The fourth-order valence-electron chi connectivity index (χ4n) is 3.02. The van der Waals surface area contributed by atoms with Gasteiger partial charge in [-0.2, -0.15) is 0 Å². The van der Waals surface area contributed by atoms with Gasteiger partial charge in [0.25, 0.3) is 0 Å². The van der Waals surface area contributed by atoms with Gasteiger partial charge < -0.3 is 14.3 Å². The largest absolute Gasteiger partial charge is 0.493 e. The van der Waals surface area contributed by atoms with E-state index in [9.17, 15) is 9.18 Å². The van der Waals surface area contributed by atoms with Crippen molar-refractivity contribution in [3.63, 3.8) is 0 Å². The van der Waals surface area contributed by atoms with Crippen LogP contribution in [0.1, 0.15) is 16.7 Å². The molecule has 0 spiro atoms. The van der Waals surface area contributed by atoms with Crippen LogP contribution >= 0.6 is 0 Å². The number of nitrogens with zero attached hydrogens (tertiary/aromatic N) is 1. The third-order valence-corrected chi connectivity index (χ3v) is 4.55. The van der Waals surface area contributed by atoms with E-state index >= 15 is 0 Å². The Morgan fingerprint density at radius 2 is 1.77 bits per heavy atom. The zero-order valence-corrected chi connectivity index (χ0v) is 16.2. The Labute approximate surface area is 173 Å². The number of benzene rings is 3. The van der Waals surface area contributed by atoms with Gasteiger partial charge in [0.15, 0.2) is 11.5 Å². The lowest BCUT2D eigenvalue weighted by molar-refractivity contribution is -0.136. The van der Waals surface area contributed by atoms with Crippen LogP contribution in [-0.2, 0) is 16.2 Å². The van der Waals surface area contributed by atoms with Crippen LogP contribution in [0, 0.1) is 5.82 Å². The molecule has 0 atom stereocenters. The predicted octanol–water partition coefficient (Wildman–Crippen LogP) is 4.76. The molecule has 5 nitrogen and oxygen atoms in total. The zero-order valence-electron chi connectivity index (χ0n) is 16.2. The molecular formula is C24H18FNO4. The number of hydrogen-bond donors (Lipinski definition) is 0. The van der Waals surface area contributed by atoms with Gasteiger partial charge in [0.05, 0.1) is 12.7 Å². The summed E-state index contributed by atoms with van der Waals surface area (Å²) in [4.78, 5) is 17.1. The highest BCUT2D eigenvalue weighted by Gasteiger charge is 2.26. The molecule has 6 heteroatoms. The van der Waals surface area contributed by atoms with Crippen LogP contribution in [0.15, 0.2) is 83.5 Å². The van der Waals surface area contributed by atoms with E-state index in [1.54, 1.807) is 30.3 Å². The van der Waals surface area contributed by atoms with E-state index in [1.807, 2.05) is 36.4 Å². The van der Waals surface area contributed by atoms with Gasteiger partial charge in [-0.05, 0) is 41.5 Å². The first kappa shape index (κ1) is 19.4. The minimum Gasteiger partial charge on any atom is -0.493 e. The highest BCUT2D eigenvalue weighted by molar-refractivity contribution is 6.31. The zero-order chi connectivity index (χ0) is 20.9. The maximum atomic E-state index is 13.0. The van der Waals surface area contributed by atoms with E-state index < -0.39 is 5.97 Å². The van der Waals surface area contributed by atoms with Crippen molar-refractivity contribution in [2.24, 2.45) is 5.16 Å². The fourth-order valence-corrected chi connectivity index (χ4v) is 3.02. The Morgan fingerprint density at radius 1 is 1.00 bits per heavy atom. The van der Waals surface area contributed by atoms with Crippen molar-refractivity contribution in [1.82, 2.24) is 0 Å². The van der Waals surface area contributed by atoms with Crippen LogP contribution in [0.4, 0.5) is 4.39 Å². The van der Waals surface area contributed by atoms with Gasteiger partial charge in [0.1, 0.15) is 18.1 Å². The van der Waals surface area contributed by atoms with Gasteiger partial charge in [-0.1, -0.05) is 53.7 Å². The summed E-state index contributed by atoms with van der Waals surface area (Å²) in [6.45, 7) is 0.272. The number of methoxy groups -OCH3 is 1. The molecule has 0 N–H and O–H groups in total. The average Bonchev–Trinajstić information content (AvgIpc) is 3.14. The number of carbonyl (C=O) groups is 1. The van der Waals surface area contributed by atoms with E-state index in [0.29, 0.717) is 22.8 Å². The molecule has 4 rings (SSSR count). The molecule has 0 radical (unpaired) electrons. The lowest BCUT2D eigenvalue weighted by Gasteiger charge is -2.11. The molecule has 1 heterocycles. The second-order valence-corrected chi connectivity index (χ2v) is 6.57. The first-order valence-electron chi connectivity index (χ1n) is 9.26. The molecule has 0 saturated heterocycles. The monoisotopic (exact) mass is 403 g/mol. The molecule has 0 aromatic heterocycles. The quantitative estimate of drug-likeness (QED) is 0.440. The summed E-state index contributed by atoms with van der Waals surface area (Å²) in [6.07, 6.45) is 1.70. The summed E-state index contributed by atoms with van der Waals surface area (Å²) in [5.74, 6) is 0.243. The van der Waals surface area contributed by atoms with Crippen LogP contribution in [-0.4, -0.2) is 18.8 Å². The molecule has 0 fully saturated rings. The topological polar surface area (TPSA) is 57.1 Å². The molecule has 1 aliphatic heterocycles. The third kappa shape index (κ3) is 4.22. The summed E-state index contributed by atoms with van der Waals surface area (Å²) >= 11 is 0. The first-order valence-corrected chi connectivity index (χ1v) is 9.26. The Hall–Kier alpha value is -3.93. The summed E-state index contributed by atoms with van der Waals surface area (Å²) in [5, 5.41) is 3.91. The number of ether oxygens (including phenoxy) is 2. The molecule has 3 aromatic rings. The number of carbonyl (C=O) groups excluding carboxylic acids is 1. The molecule has 0 aliphatic carbocycles. The lowest BCUT2D eigenvalue weighted by atomic mass is 10.0. The number of oxime groups is 1. The van der Waals surface area contributed by atoms with E-state index in [1.165, 1.54) is 19.2 Å². The Bertz CT molecular complexity index is 1120. The van der Waals surface area contributed by atoms with Crippen LogP contribution < -0.4 is 9.47 Å². The highest BCUT2D eigenvalue weighted by atomic mass is 19.1. The van der Waals surface area contributed by atoms with Gasteiger partial charge in [-0.25, -0.2) is 9.18 Å². The first-order chi connectivity index (χ1) is 14.6. The predicted molar refractivity (Wildman–Crippen MR) is 111 cm³/mol. The van der Waals surface area contributed by atoms with Crippen molar-refractivity contribution in [2.45, 2.75) is 6.61 Å². The molecule has 3 aromatic carbocycles. The van der Waals surface area contributed by atoms with Crippen molar-refractivity contribution < 1.29 is 23.5 Å². The molecule has 0 bridgehead atoms. The molecular weight excluding hydrogens is 385 g/mol. The summed E-state index contributed by atoms with van der Waals surface area (Å²) < 4.78 is 24.3. The molecule has 0 saturated carbocycles. The second-order valence-electron chi connectivity index (χ2n) is 6.57. The molecule has 30 heavy (non-hydrogen) atoms. The van der Waals surface area contributed by atoms with Crippen molar-refractivity contribution in [1.29, 1.82) is 0 Å². The summed E-state index contributed by atoms with van der Waals surface area (Å²) in [6, 6.07) is 20.8. The Kier molecular flexibility index (Phi) is 5.57. The fraction of sp³-hybridized carbons (Fsp3) is 0.0833. The van der Waals surface area contributed by atoms with E-state index in [-0.39, 0.29) is 12.4 Å². The maximum absolute atomic E-state index is 13.0. The summed E-state index contributed by atoms with van der Waals surface area (Å²) in [5.41, 5.74) is 3.21. The molecule has 1 aliphatic rings. The molecule has 0 amide bonds. The van der Waals surface area contributed by atoms with Gasteiger partial charge in [-0.3, -0.25) is 0 Å². The van der Waals surface area contributed by atoms with Crippen molar-refractivity contribution in [2.75, 3.05) is 7.11 Å². The second kappa shape index (κ2) is 8.61. The third-order valence-electron chi connectivity index (χ3n) is 4.55. The lowest BCUT2D eigenvalue weighted by Crippen LogP contribution is -2.06. The normalized spacial score (nSPS) is 14.4. The number of hydrogen-bond acceptors (Lipinski definition) is 5. The van der Waals surface area contributed by atoms with E-state index in [4.69, 9.17) is 14.3 Å². The van der Waals surface area contributed by atoms with Gasteiger partial charge >= 0.3 is 5.97 Å². The van der Waals surface area contributed by atoms with Crippen LogP contribution in [0.2, 0.25) is 0 Å². The SMILES string of the molecule is COc1cc(/C=C2/C(=O)ON=C2c2ccccc2)ccc1OCc1ccc(F)cc1. The van der Waals surface area contributed by atoms with E-state index in [2.05, 4.69) is 5.16 Å². The van der Waals surface area contributed by atoms with Crippen molar-refractivity contribution in [3.05, 3.63) is 101 Å². The maximum Gasteiger partial charge on any atom is 0.368 e. The van der Waals surface area contributed by atoms with Crippen LogP contribution in [0.25, 0.3) is 6.08 Å². The average molecular weight is 403 g/mol. The van der Waals surface area contributed by atoms with E-state index in [0.717, 1.165) is 16.7 Å². The minimum atomic E-state index is -0.510. The van der Waals surface area contributed by atoms with Crippen molar-refractivity contribution in [3.8, 4) is 11.5 Å². The Morgan fingerprint density at radius 3 is 2.50 bits per heavy atom. The Balaban J connectivity index is 1.57. The smallest absolute Gasteiger partial charge is 0.368 e.